The van der Waals surface area contributed by atoms with E-state index in [9.17, 15) is 5.11 Å². The second-order valence-electron chi connectivity index (χ2n) is 8.30. The number of rotatable bonds is 10. The zero-order valence-corrected chi connectivity index (χ0v) is 17.8. The van der Waals surface area contributed by atoms with Gasteiger partial charge in [-0.05, 0) is 38.7 Å². The molecule has 1 aliphatic carbocycles. The summed E-state index contributed by atoms with van der Waals surface area (Å²) in [5.41, 5.74) is 0.226. The summed E-state index contributed by atoms with van der Waals surface area (Å²) in [6, 6.07) is 8.09. The Labute approximate surface area is 174 Å². The predicted octanol–water partition coefficient (Wildman–Crippen LogP) is 1.61. The molecule has 1 atom stereocenters. The lowest BCUT2D eigenvalue weighted by Crippen LogP contribution is -2.52. The molecule has 3 rings (SSSR count). The van der Waals surface area contributed by atoms with E-state index in [0.29, 0.717) is 25.6 Å². The molecule has 0 radical (unpaired) electrons. The van der Waals surface area contributed by atoms with Gasteiger partial charge in [-0.3, -0.25) is 4.90 Å². The molecule has 0 spiro atoms. The van der Waals surface area contributed by atoms with Crippen molar-refractivity contribution >= 4 is 5.96 Å². The quantitative estimate of drug-likeness (QED) is 0.406. The van der Waals surface area contributed by atoms with E-state index >= 15 is 0 Å². The molecule has 1 saturated heterocycles. The molecule has 7 heteroatoms. The highest BCUT2D eigenvalue weighted by Gasteiger charge is 2.25. The van der Waals surface area contributed by atoms with Gasteiger partial charge in [0.15, 0.2) is 5.96 Å². The molecule has 1 aliphatic heterocycles. The van der Waals surface area contributed by atoms with Crippen molar-refractivity contribution in [2.45, 2.75) is 38.8 Å². The summed E-state index contributed by atoms with van der Waals surface area (Å²) in [4.78, 5) is 6.95. The van der Waals surface area contributed by atoms with E-state index in [2.05, 4.69) is 21.6 Å². The molecule has 1 saturated carbocycles. The number of β-amino-alcohol motifs (C(OH)–C–C–N with tert-alkyl or cyclic N) is 1. The molecule has 2 aliphatic rings. The van der Waals surface area contributed by atoms with Gasteiger partial charge in [0.25, 0.3) is 0 Å². The van der Waals surface area contributed by atoms with Gasteiger partial charge in [-0.2, -0.15) is 0 Å². The van der Waals surface area contributed by atoms with Crippen LogP contribution in [-0.4, -0.2) is 74.1 Å². The number of morpholine rings is 1. The van der Waals surface area contributed by atoms with Crippen molar-refractivity contribution in [3.63, 3.8) is 0 Å². The van der Waals surface area contributed by atoms with Crippen LogP contribution in [0.15, 0.2) is 29.3 Å². The third-order valence-electron chi connectivity index (χ3n) is 5.20. The summed E-state index contributed by atoms with van der Waals surface area (Å²) in [7, 11) is 0. The molecule has 0 aromatic heterocycles. The number of ether oxygens (including phenoxy) is 2. The van der Waals surface area contributed by atoms with Crippen LogP contribution in [0.1, 0.15) is 32.3 Å². The molecule has 1 aromatic rings. The molecule has 1 unspecified atom stereocenters. The lowest BCUT2D eigenvalue weighted by molar-refractivity contribution is -0.0201. The maximum atomic E-state index is 10.8. The average Bonchev–Trinajstić information content (AvgIpc) is 3.54. The third-order valence-corrected chi connectivity index (χ3v) is 5.20. The number of hydrogen-bond acceptors (Lipinski definition) is 5. The largest absolute Gasteiger partial charge is 0.493 e. The topological polar surface area (TPSA) is 78.4 Å². The van der Waals surface area contributed by atoms with Crippen molar-refractivity contribution in [2.24, 2.45) is 10.9 Å². The van der Waals surface area contributed by atoms with E-state index in [-0.39, 0.29) is 0 Å². The smallest absolute Gasteiger partial charge is 0.191 e. The van der Waals surface area contributed by atoms with Crippen molar-refractivity contribution in [1.29, 1.82) is 0 Å². The van der Waals surface area contributed by atoms with Crippen LogP contribution < -0.4 is 15.4 Å². The van der Waals surface area contributed by atoms with Crippen molar-refractivity contribution in [2.75, 3.05) is 52.5 Å². The Morgan fingerprint density at radius 1 is 1.28 bits per heavy atom. The van der Waals surface area contributed by atoms with Crippen LogP contribution in [0.5, 0.6) is 5.75 Å². The number of guanidine groups is 1. The lowest BCUT2D eigenvalue weighted by atomic mass is 10.1. The van der Waals surface area contributed by atoms with Crippen LogP contribution >= 0.6 is 0 Å². The van der Waals surface area contributed by atoms with Crippen LogP contribution in [0.3, 0.4) is 0 Å². The summed E-state index contributed by atoms with van der Waals surface area (Å²) in [6.45, 7) is 10.2. The molecule has 7 nitrogen and oxygen atoms in total. The molecule has 162 valence electrons. The minimum atomic E-state index is -0.848. The summed E-state index contributed by atoms with van der Waals surface area (Å²) < 4.78 is 11.4. The maximum absolute atomic E-state index is 10.8. The Kier molecular flexibility index (Phi) is 8.15. The van der Waals surface area contributed by atoms with Gasteiger partial charge < -0.3 is 25.2 Å². The van der Waals surface area contributed by atoms with Gasteiger partial charge in [-0.15, -0.1) is 0 Å². The second-order valence-corrected chi connectivity index (χ2v) is 8.30. The first-order chi connectivity index (χ1) is 14.1. The van der Waals surface area contributed by atoms with Gasteiger partial charge in [0.1, 0.15) is 5.75 Å². The molecule has 1 heterocycles. The van der Waals surface area contributed by atoms with Gasteiger partial charge in [0, 0.05) is 38.3 Å². The first-order valence-corrected chi connectivity index (χ1v) is 10.8. The number of para-hydroxylation sites is 1. The molecule has 0 bridgehead atoms. The Bertz CT molecular complexity index is 655. The summed E-state index contributed by atoms with van der Waals surface area (Å²) in [5, 5.41) is 17.3. The van der Waals surface area contributed by atoms with Crippen molar-refractivity contribution in [3.05, 3.63) is 29.8 Å². The van der Waals surface area contributed by atoms with Crippen LogP contribution in [-0.2, 0) is 11.3 Å². The minimum Gasteiger partial charge on any atom is -0.493 e. The Morgan fingerprint density at radius 3 is 2.76 bits per heavy atom. The Morgan fingerprint density at radius 2 is 2.03 bits per heavy atom. The number of aliphatic imine (C=N–C) groups is 1. The number of aliphatic hydroxyl groups is 1. The zero-order chi connectivity index (χ0) is 20.5. The normalized spacial score (nSPS) is 20.2. The fourth-order valence-corrected chi connectivity index (χ4v) is 3.34. The van der Waals surface area contributed by atoms with Gasteiger partial charge in [-0.25, -0.2) is 4.99 Å². The Hall–Kier alpha value is -1.83. The van der Waals surface area contributed by atoms with E-state index in [1.165, 1.54) is 12.8 Å². The number of nitrogens with zero attached hydrogens (tertiary/aromatic N) is 2. The van der Waals surface area contributed by atoms with E-state index in [0.717, 1.165) is 56.7 Å². The van der Waals surface area contributed by atoms with E-state index in [4.69, 9.17) is 14.5 Å². The minimum absolute atomic E-state index is 0.427. The van der Waals surface area contributed by atoms with Gasteiger partial charge in [0.05, 0.1) is 32.0 Å². The van der Waals surface area contributed by atoms with Crippen LogP contribution in [0.2, 0.25) is 0 Å². The maximum Gasteiger partial charge on any atom is 0.191 e. The van der Waals surface area contributed by atoms with E-state index < -0.39 is 5.60 Å². The van der Waals surface area contributed by atoms with Gasteiger partial charge >= 0.3 is 0 Å². The highest BCUT2D eigenvalue weighted by atomic mass is 16.5. The summed E-state index contributed by atoms with van der Waals surface area (Å²) >= 11 is 0. The molecule has 0 amide bonds. The predicted molar refractivity (Wildman–Crippen MR) is 115 cm³/mol. The van der Waals surface area contributed by atoms with Crippen LogP contribution in [0.4, 0.5) is 0 Å². The molecular weight excluding hydrogens is 368 g/mol. The monoisotopic (exact) mass is 404 g/mol. The molecule has 1 aromatic carbocycles. The summed E-state index contributed by atoms with van der Waals surface area (Å²) in [6.07, 6.45) is 2.55. The Balaban J connectivity index is 1.53. The lowest BCUT2D eigenvalue weighted by Gasteiger charge is -2.34. The van der Waals surface area contributed by atoms with Crippen LogP contribution in [0, 0.1) is 5.92 Å². The average molecular weight is 405 g/mol. The van der Waals surface area contributed by atoms with Crippen molar-refractivity contribution < 1.29 is 14.6 Å². The fourth-order valence-electron chi connectivity index (χ4n) is 3.34. The SMILES string of the molecule is CCNC(=NCc1ccccc1OCC1CC1)NCC(C)(O)CN1CCOCC1. The van der Waals surface area contributed by atoms with Gasteiger partial charge in [0.2, 0.25) is 0 Å². The highest BCUT2D eigenvalue weighted by molar-refractivity contribution is 5.79. The zero-order valence-electron chi connectivity index (χ0n) is 17.8. The van der Waals surface area contributed by atoms with Gasteiger partial charge in [-0.1, -0.05) is 18.2 Å². The fraction of sp³-hybridized carbons (Fsp3) is 0.682. The number of nitrogens with one attached hydrogen (secondary N) is 2. The van der Waals surface area contributed by atoms with E-state index in [1.54, 1.807) is 0 Å². The van der Waals surface area contributed by atoms with Crippen molar-refractivity contribution in [3.8, 4) is 5.75 Å². The third kappa shape index (κ3) is 7.84. The standard InChI is InChI=1S/C22H36N4O3/c1-3-23-21(25-16-22(2,27)17-26-10-12-28-13-11-26)24-14-19-6-4-5-7-20(19)29-15-18-8-9-18/h4-7,18,27H,3,8-17H2,1-2H3,(H2,23,24,25). The second kappa shape index (κ2) is 10.8. The number of benzene rings is 1. The van der Waals surface area contributed by atoms with Crippen LogP contribution in [0.25, 0.3) is 0 Å². The molecule has 29 heavy (non-hydrogen) atoms. The first-order valence-electron chi connectivity index (χ1n) is 10.8. The molecule has 3 N–H and O–H groups in total. The van der Waals surface area contributed by atoms with Crippen molar-refractivity contribution in [1.82, 2.24) is 15.5 Å². The summed E-state index contributed by atoms with van der Waals surface area (Å²) in [5.74, 6) is 2.34. The first kappa shape index (κ1) is 21.9. The molecular formula is C22H36N4O3. The molecule has 2 fully saturated rings. The van der Waals surface area contributed by atoms with E-state index in [1.807, 2.05) is 32.0 Å². The highest BCUT2D eigenvalue weighted by Crippen LogP contribution is 2.30. The number of hydrogen-bond donors (Lipinski definition) is 3.